The number of benzene rings is 1. The third kappa shape index (κ3) is 3.11. The van der Waals surface area contributed by atoms with Crippen LogP contribution in [0.5, 0.6) is 0 Å². The van der Waals surface area contributed by atoms with Gasteiger partial charge in [0.25, 0.3) is 0 Å². The molecule has 0 spiro atoms. The summed E-state index contributed by atoms with van der Waals surface area (Å²) < 4.78 is 1.83. The van der Waals surface area contributed by atoms with E-state index in [0.717, 1.165) is 28.8 Å². The first-order chi connectivity index (χ1) is 10.0. The molecule has 4 nitrogen and oxygen atoms in total. The molecule has 1 N–H and O–H groups in total. The molecule has 3 rings (SSSR count). The summed E-state index contributed by atoms with van der Waals surface area (Å²) in [6.07, 6.45) is 3.70. The zero-order chi connectivity index (χ0) is 14.9. The molecule has 4 heteroatoms. The maximum absolute atomic E-state index is 4.78. The highest BCUT2D eigenvalue weighted by atomic mass is 15.3. The predicted molar refractivity (Wildman–Crippen MR) is 85.5 cm³/mol. The van der Waals surface area contributed by atoms with Crippen LogP contribution in [-0.2, 0) is 6.54 Å². The summed E-state index contributed by atoms with van der Waals surface area (Å²) in [5, 5.41) is 9.00. The number of pyridine rings is 1. The summed E-state index contributed by atoms with van der Waals surface area (Å²) in [6, 6.07) is 12.3. The summed E-state index contributed by atoms with van der Waals surface area (Å²) in [4.78, 5) is 4.78. The van der Waals surface area contributed by atoms with Crippen molar-refractivity contribution in [2.45, 2.75) is 32.9 Å². The maximum Gasteiger partial charge on any atom is 0.158 e. The van der Waals surface area contributed by atoms with E-state index in [2.05, 4.69) is 43.3 Å². The summed E-state index contributed by atoms with van der Waals surface area (Å²) in [7, 11) is 0. The van der Waals surface area contributed by atoms with E-state index in [0.29, 0.717) is 0 Å². The van der Waals surface area contributed by atoms with Gasteiger partial charge in [0.1, 0.15) is 0 Å². The number of rotatable bonds is 3. The van der Waals surface area contributed by atoms with Crippen molar-refractivity contribution in [2.75, 3.05) is 0 Å². The summed E-state index contributed by atoms with van der Waals surface area (Å²) >= 11 is 0. The van der Waals surface area contributed by atoms with Gasteiger partial charge in [-0.05, 0) is 39.0 Å². The van der Waals surface area contributed by atoms with E-state index in [1.165, 1.54) is 0 Å². The van der Waals surface area contributed by atoms with Crippen LogP contribution in [0.1, 0.15) is 26.3 Å². The number of fused-ring (bicyclic) bond motifs is 1. The average molecular weight is 280 g/mol. The van der Waals surface area contributed by atoms with Crippen LogP contribution < -0.4 is 5.32 Å². The highest BCUT2D eigenvalue weighted by molar-refractivity contribution is 5.80. The minimum atomic E-state index is 0.0625. The topological polar surface area (TPSA) is 42.7 Å². The Morgan fingerprint density at radius 1 is 1.14 bits per heavy atom. The van der Waals surface area contributed by atoms with Crippen LogP contribution in [0.25, 0.3) is 16.7 Å². The third-order valence-electron chi connectivity index (χ3n) is 3.31. The van der Waals surface area contributed by atoms with Gasteiger partial charge in [0.2, 0.25) is 0 Å². The standard InChI is InChI=1S/C17H20N4/c1-17(2,3)18-12-14-11-13-7-4-5-8-15(13)20-16(14)21-10-6-9-19-21/h4-11,18H,12H2,1-3H3. The van der Waals surface area contributed by atoms with Crippen LogP contribution in [0.4, 0.5) is 0 Å². The fourth-order valence-electron chi connectivity index (χ4n) is 2.23. The highest BCUT2D eigenvalue weighted by Gasteiger charge is 2.13. The Labute approximate surface area is 124 Å². The lowest BCUT2D eigenvalue weighted by atomic mass is 10.1. The van der Waals surface area contributed by atoms with E-state index >= 15 is 0 Å². The summed E-state index contributed by atoms with van der Waals surface area (Å²) in [6.45, 7) is 7.25. The van der Waals surface area contributed by atoms with Crippen molar-refractivity contribution in [3.8, 4) is 5.82 Å². The fourth-order valence-corrected chi connectivity index (χ4v) is 2.23. The van der Waals surface area contributed by atoms with Gasteiger partial charge in [-0.1, -0.05) is 18.2 Å². The quantitative estimate of drug-likeness (QED) is 0.800. The Hall–Kier alpha value is -2.20. The largest absolute Gasteiger partial charge is 0.308 e. The average Bonchev–Trinajstić information content (AvgIpc) is 2.97. The van der Waals surface area contributed by atoms with Gasteiger partial charge in [0.15, 0.2) is 5.82 Å². The van der Waals surface area contributed by atoms with Gasteiger partial charge in [-0.3, -0.25) is 0 Å². The molecule has 0 bridgehead atoms. The van der Waals surface area contributed by atoms with Crippen molar-refractivity contribution in [2.24, 2.45) is 0 Å². The second-order valence-corrected chi connectivity index (χ2v) is 6.22. The Balaban J connectivity index is 2.08. The van der Waals surface area contributed by atoms with E-state index in [1.807, 2.05) is 35.1 Å². The van der Waals surface area contributed by atoms with E-state index in [1.54, 1.807) is 6.20 Å². The van der Waals surface area contributed by atoms with Gasteiger partial charge in [0, 0.05) is 35.4 Å². The molecule has 0 aliphatic rings. The second kappa shape index (κ2) is 5.30. The maximum atomic E-state index is 4.78. The Morgan fingerprint density at radius 2 is 1.95 bits per heavy atom. The van der Waals surface area contributed by atoms with Crippen molar-refractivity contribution >= 4 is 10.9 Å². The lowest BCUT2D eigenvalue weighted by Gasteiger charge is -2.21. The molecular weight excluding hydrogens is 260 g/mol. The molecule has 0 atom stereocenters. The predicted octanol–water partition coefficient (Wildman–Crippen LogP) is 3.31. The first-order valence-corrected chi connectivity index (χ1v) is 7.17. The molecule has 0 unspecified atom stereocenters. The lowest BCUT2D eigenvalue weighted by molar-refractivity contribution is 0.423. The van der Waals surface area contributed by atoms with Crippen molar-refractivity contribution in [1.82, 2.24) is 20.1 Å². The number of hydrogen-bond donors (Lipinski definition) is 1. The fraction of sp³-hybridized carbons (Fsp3) is 0.294. The molecular formula is C17H20N4. The molecule has 0 radical (unpaired) electrons. The third-order valence-corrected chi connectivity index (χ3v) is 3.31. The summed E-state index contributed by atoms with van der Waals surface area (Å²) in [5.74, 6) is 0.885. The number of nitrogens with one attached hydrogen (secondary N) is 1. The molecule has 2 heterocycles. The summed E-state index contributed by atoms with van der Waals surface area (Å²) in [5.41, 5.74) is 2.20. The van der Waals surface area contributed by atoms with E-state index in [9.17, 15) is 0 Å². The first-order valence-electron chi connectivity index (χ1n) is 7.17. The molecule has 0 aliphatic carbocycles. The molecule has 0 saturated carbocycles. The SMILES string of the molecule is CC(C)(C)NCc1cc2ccccc2nc1-n1cccn1. The first kappa shape index (κ1) is 13.8. The van der Waals surface area contributed by atoms with E-state index in [4.69, 9.17) is 4.98 Å². The van der Waals surface area contributed by atoms with Crippen LogP contribution in [0.15, 0.2) is 48.8 Å². The molecule has 2 aromatic heterocycles. The Bertz CT molecular complexity index is 739. The minimum Gasteiger partial charge on any atom is -0.308 e. The molecule has 0 aliphatic heterocycles. The molecule has 0 amide bonds. The van der Waals surface area contributed by atoms with Crippen LogP contribution in [0, 0.1) is 0 Å². The van der Waals surface area contributed by atoms with Crippen molar-refractivity contribution in [3.05, 3.63) is 54.4 Å². The number of hydrogen-bond acceptors (Lipinski definition) is 3. The van der Waals surface area contributed by atoms with E-state index < -0.39 is 0 Å². The van der Waals surface area contributed by atoms with Gasteiger partial charge in [-0.25, -0.2) is 9.67 Å². The van der Waals surface area contributed by atoms with Crippen LogP contribution in [0.2, 0.25) is 0 Å². The zero-order valence-corrected chi connectivity index (χ0v) is 12.7. The number of aromatic nitrogens is 3. The lowest BCUT2D eigenvalue weighted by Crippen LogP contribution is -2.35. The Kier molecular flexibility index (Phi) is 3.47. The van der Waals surface area contributed by atoms with Gasteiger partial charge in [-0.2, -0.15) is 5.10 Å². The Morgan fingerprint density at radius 3 is 2.67 bits per heavy atom. The van der Waals surface area contributed by atoms with Gasteiger partial charge in [-0.15, -0.1) is 0 Å². The van der Waals surface area contributed by atoms with Gasteiger partial charge in [0.05, 0.1) is 5.52 Å². The monoisotopic (exact) mass is 280 g/mol. The van der Waals surface area contributed by atoms with Gasteiger partial charge < -0.3 is 5.32 Å². The minimum absolute atomic E-state index is 0.0625. The van der Waals surface area contributed by atoms with E-state index in [-0.39, 0.29) is 5.54 Å². The molecule has 0 fully saturated rings. The molecule has 21 heavy (non-hydrogen) atoms. The molecule has 1 aromatic carbocycles. The molecule has 108 valence electrons. The van der Waals surface area contributed by atoms with Crippen LogP contribution in [0.3, 0.4) is 0 Å². The van der Waals surface area contributed by atoms with Crippen LogP contribution in [-0.4, -0.2) is 20.3 Å². The van der Waals surface area contributed by atoms with Crippen molar-refractivity contribution in [3.63, 3.8) is 0 Å². The van der Waals surface area contributed by atoms with Gasteiger partial charge >= 0.3 is 0 Å². The smallest absolute Gasteiger partial charge is 0.158 e. The number of para-hydroxylation sites is 1. The molecule has 3 aromatic rings. The normalized spacial score (nSPS) is 12.0. The van der Waals surface area contributed by atoms with Crippen molar-refractivity contribution in [1.29, 1.82) is 0 Å². The highest BCUT2D eigenvalue weighted by Crippen LogP contribution is 2.20. The van der Waals surface area contributed by atoms with Crippen molar-refractivity contribution < 1.29 is 0 Å². The zero-order valence-electron chi connectivity index (χ0n) is 12.7. The number of nitrogens with zero attached hydrogens (tertiary/aromatic N) is 3. The second-order valence-electron chi connectivity index (χ2n) is 6.22. The van der Waals surface area contributed by atoms with Crippen LogP contribution >= 0.6 is 0 Å². The molecule has 0 saturated heterocycles.